The highest BCUT2D eigenvalue weighted by Gasteiger charge is 2.16. The Kier molecular flexibility index (Phi) is 5.02. The van der Waals surface area contributed by atoms with Crippen LogP contribution in [0.3, 0.4) is 0 Å². The van der Waals surface area contributed by atoms with Crippen molar-refractivity contribution < 1.29 is 13.9 Å². The molecular weight excluding hydrogens is 242 g/mol. The molecule has 0 amide bonds. The van der Waals surface area contributed by atoms with Crippen LogP contribution in [0.2, 0.25) is 0 Å². The van der Waals surface area contributed by atoms with Crippen molar-refractivity contribution in [3.8, 4) is 0 Å². The summed E-state index contributed by atoms with van der Waals surface area (Å²) in [6, 6.07) is 4.00. The van der Waals surface area contributed by atoms with Crippen molar-refractivity contribution in [3.05, 3.63) is 23.7 Å². The molecule has 4 heteroatoms. The van der Waals surface area contributed by atoms with E-state index in [1.165, 1.54) is 0 Å². The van der Waals surface area contributed by atoms with Gasteiger partial charge in [0, 0.05) is 18.1 Å². The molecule has 2 heterocycles. The summed E-state index contributed by atoms with van der Waals surface area (Å²) in [4.78, 5) is 0. The molecule has 1 aliphatic heterocycles. The molecule has 1 atom stereocenters. The Labute approximate surface area is 115 Å². The second-order valence-electron chi connectivity index (χ2n) is 6.22. The number of rotatable bonds is 6. The fourth-order valence-electron chi connectivity index (χ4n) is 1.99. The third kappa shape index (κ3) is 5.35. The number of furan rings is 1. The lowest BCUT2D eigenvalue weighted by Crippen LogP contribution is -2.34. The van der Waals surface area contributed by atoms with Gasteiger partial charge in [-0.15, -0.1) is 0 Å². The van der Waals surface area contributed by atoms with E-state index < -0.39 is 0 Å². The van der Waals surface area contributed by atoms with Crippen molar-refractivity contribution in [3.63, 3.8) is 0 Å². The van der Waals surface area contributed by atoms with Gasteiger partial charge in [-0.3, -0.25) is 0 Å². The van der Waals surface area contributed by atoms with Gasteiger partial charge in [0.1, 0.15) is 18.1 Å². The van der Waals surface area contributed by atoms with Crippen molar-refractivity contribution >= 4 is 0 Å². The fraction of sp³-hybridized carbons (Fsp3) is 0.733. The molecule has 2 rings (SSSR count). The minimum Gasteiger partial charge on any atom is -0.462 e. The van der Waals surface area contributed by atoms with Gasteiger partial charge in [0.05, 0.1) is 19.8 Å². The number of hydrogen-bond donors (Lipinski definition) is 1. The lowest BCUT2D eigenvalue weighted by molar-refractivity contribution is 0.0684. The van der Waals surface area contributed by atoms with E-state index in [9.17, 15) is 0 Å². The third-order valence-electron chi connectivity index (χ3n) is 3.13. The largest absolute Gasteiger partial charge is 0.462 e. The summed E-state index contributed by atoms with van der Waals surface area (Å²) in [6.45, 7) is 10.2. The number of ether oxygens (including phenoxy) is 2. The summed E-state index contributed by atoms with van der Waals surface area (Å²) in [5.41, 5.74) is 0.103. The first-order chi connectivity index (χ1) is 9.03. The van der Waals surface area contributed by atoms with Gasteiger partial charge in [-0.2, -0.15) is 0 Å². The van der Waals surface area contributed by atoms with E-state index in [0.717, 1.165) is 44.3 Å². The van der Waals surface area contributed by atoms with Crippen LogP contribution >= 0.6 is 0 Å². The maximum absolute atomic E-state index is 5.73. The summed E-state index contributed by atoms with van der Waals surface area (Å²) >= 11 is 0. The average molecular weight is 267 g/mol. The van der Waals surface area contributed by atoms with Crippen LogP contribution in [-0.2, 0) is 22.6 Å². The fourth-order valence-corrected chi connectivity index (χ4v) is 1.99. The standard InChI is InChI=1S/C15H25NO3/c1-15(2,3)16-8-13-4-5-14(19-13)11-18-10-12-6-7-17-9-12/h4-5,12,16H,6-11H2,1-3H3. The first-order valence-corrected chi connectivity index (χ1v) is 7.01. The van der Waals surface area contributed by atoms with E-state index in [4.69, 9.17) is 13.9 Å². The molecule has 4 nitrogen and oxygen atoms in total. The van der Waals surface area contributed by atoms with Crippen molar-refractivity contribution in [1.29, 1.82) is 0 Å². The zero-order valence-electron chi connectivity index (χ0n) is 12.2. The Morgan fingerprint density at radius 2 is 2.11 bits per heavy atom. The van der Waals surface area contributed by atoms with Crippen molar-refractivity contribution in [2.45, 2.75) is 45.9 Å². The minimum absolute atomic E-state index is 0.103. The molecule has 1 aromatic rings. The van der Waals surface area contributed by atoms with Crippen LogP contribution in [0.15, 0.2) is 16.5 Å². The molecule has 0 aromatic carbocycles. The van der Waals surface area contributed by atoms with Crippen molar-refractivity contribution in [2.75, 3.05) is 19.8 Å². The molecule has 1 saturated heterocycles. The normalized spacial score (nSPS) is 20.1. The summed E-state index contributed by atoms with van der Waals surface area (Å²) in [5, 5.41) is 3.40. The van der Waals surface area contributed by atoms with Gasteiger partial charge in [0.15, 0.2) is 0 Å². The second kappa shape index (κ2) is 6.55. The Hall–Kier alpha value is -0.840. The highest BCUT2D eigenvalue weighted by molar-refractivity contribution is 5.06. The van der Waals surface area contributed by atoms with Crippen LogP contribution < -0.4 is 5.32 Å². The lowest BCUT2D eigenvalue weighted by Gasteiger charge is -2.19. The van der Waals surface area contributed by atoms with Gasteiger partial charge in [-0.05, 0) is 39.3 Å². The molecule has 0 aliphatic carbocycles. The molecule has 108 valence electrons. The minimum atomic E-state index is 0.103. The van der Waals surface area contributed by atoms with E-state index >= 15 is 0 Å². The van der Waals surface area contributed by atoms with Crippen LogP contribution in [0.1, 0.15) is 38.7 Å². The molecule has 0 saturated carbocycles. The van der Waals surface area contributed by atoms with Crippen LogP contribution in [0, 0.1) is 5.92 Å². The molecule has 19 heavy (non-hydrogen) atoms. The van der Waals surface area contributed by atoms with Crippen LogP contribution in [0.4, 0.5) is 0 Å². The summed E-state index contributed by atoms with van der Waals surface area (Å²) in [5.74, 6) is 2.40. The van der Waals surface area contributed by atoms with Crippen molar-refractivity contribution in [2.24, 2.45) is 5.92 Å². The Morgan fingerprint density at radius 3 is 2.79 bits per heavy atom. The van der Waals surface area contributed by atoms with Gasteiger partial charge >= 0.3 is 0 Å². The van der Waals surface area contributed by atoms with Crippen LogP contribution in [0.5, 0.6) is 0 Å². The third-order valence-corrected chi connectivity index (χ3v) is 3.13. The van der Waals surface area contributed by atoms with E-state index in [0.29, 0.717) is 12.5 Å². The maximum atomic E-state index is 5.73. The highest BCUT2D eigenvalue weighted by atomic mass is 16.5. The monoisotopic (exact) mass is 267 g/mol. The first-order valence-electron chi connectivity index (χ1n) is 7.01. The van der Waals surface area contributed by atoms with E-state index in [1.54, 1.807) is 0 Å². The molecular formula is C15H25NO3. The zero-order chi connectivity index (χ0) is 13.7. The summed E-state index contributed by atoms with van der Waals surface area (Å²) in [7, 11) is 0. The van der Waals surface area contributed by atoms with Gasteiger partial charge in [0.25, 0.3) is 0 Å². The van der Waals surface area contributed by atoms with E-state index in [-0.39, 0.29) is 5.54 Å². The smallest absolute Gasteiger partial charge is 0.129 e. The molecule has 0 radical (unpaired) electrons. The predicted octanol–water partition coefficient (Wildman–Crippen LogP) is 2.72. The highest BCUT2D eigenvalue weighted by Crippen LogP contribution is 2.15. The Morgan fingerprint density at radius 1 is 1.32 bits per heavy atom. The summed E-state index contributed by atoms with van der Waals surface area (Å²) in [6.07, 6.45) is 1.11. The van der Waals surface area contributed by atoms with Crippen LogP contribution in [-0.4, -0.2) is 25.4 Å². The molecule has 0 spiro atoms. The van der Waals surface area contributed by atoms with Crippen LogP contribution in [0.25, 0.3) is 0 Å². The molecule has 1 N–H and O–H groups in total. The molecule has 0 bridgehead atoms. The van der Waals surface area contributed by atoms with Gasteiger partial charge in [0.2, 0.25) is 0 Å². The molecule has 1 fully saturated rings. The topological polar surface area (TPSA) is 43.6 Å². The van der Waals surface area contributed by atoms with Crippen molar-refractivity contribution in [1.82, 2.24) is 5.32 Å². The molecule has 1 aromatic heterocycles. The zero-order valence-corrected chi connectivity index (χ0v) is 12.2. The van der Waals surface area contributed by atoms with Gasteiger partial charge in [-0.25, -0.2) is 0 Å². The SMILES string of the molecule is CC(C)(C)NCc1ccc(COCC2CCOC2)o1. The average Bonchev–Trinajstić information content (AvgIpc) is 2.97. The Balaban J connectivity index is 1.68. The van der Waals surface area contributed by atoms with Gasteiger partial charge < -0.3 is 19.2 Å². The predicted molar refractivity (Wildman–Crippen MR) is 73.9 cm³/mol. The lowest BCUT2D eigenvalue weighted by atomic mass is 10.1. The summed E-state index contributed by atoms with van der Waals surface area (Å²) < 4.78 is 16.7. The first kappa shape index (κ1) is 14.6. The molecule has 1 aliphatic rings. The second-order valence-corrected chi connectivity index (χ2v) is 6.22. The van der Waals surface area contributed by atoms with Gasteiger partial charge in [-0.1, -0.05) is 0 Å². The number of nitrogens with one attached hydrogen (secondary N) is 1. The Bertz CT molecular complexity index is 375. The molecule has 1 unspecified atom stereocenters. The quantitative estimate of drug-likeness (QED) is 0.860. The van der Waals surface area contributed by atoms with E-state index in [1.807, 2.05) is 12.1 Å². The number of hydrogen-bond acceptors (Lipinski definition) is 4. The maximum Gasteiger partial charge on any atom is 0.129 e. The van der Waals surface area contributed by atoms with E-state index in [2.05, 4.69) is 26.1 Å².